The van der Waals surface area contributed by atoms with Crippen molar-refractivity contribution in [3.63, 3.8) is 0 Å². The van der Waals surface area contributed by atoms with Gasteiger partial charge in [-0.05, 0) is 50.3 Å². The molecule has 1 aliphatic rings. The van der Waals surface area contributed by atoms with Gasteiger partial charge in [-0.2, -0.15) is 0 Å². The summed E-state index contributed by atoms with van der Waals surface area (Å²) in [4.78, 5) is 2.33. The minimum atomic E-state index is -0.521. The van der Waals surface area contributed by atoms with E-state index in [-0.39, 0.29) is 5.75 Å². The molecule has 1 N–H and O–H groups in total. The predicted octanol–water partition coefficient (Wildman–Crippen LogP) is 3.79. The van der Waals surface area contributed by atoms with E-state index in [2.05, 4.69) is 18.7 Å². The standard InChI is InChI=1S/C16H24FNO/c1-12(2)13-6-4-9-18(10-8-13)11-14-5-3-7-15(17)16(14)19/h3,5,7,12-13,19H,4,6,8-11H2,1-2H3. The first kappa shape index (κ1) is 14.3. The molecule has 1 heterocycles. The molecular weight excluding hydrogens is 241 g/mol. The summed E-state index contributed by atoms with van der Waals surface area (Å²) in [6.45, 7) is 7.31. The zero-order chi connectivity index (χ0) is 13.8. The summed E-state index contributed by atoms with van der Waals surface area (Å²) in [7, 11) is 0. The number of nitrogens with zero attached hydrogens (tertiary/aromatic N) is 1. The Balaban J connectivity index is 1.98. The van der Waals surface area contributed by atoms with Crippen LogP contribution in [0.4, 0.5) is 4.39 Å². The number of hydrogen-bond donors (Lipinski definition) is 1. The van der Waals surface area contributed by atoms with Gasteiger partial charge in [-0.15, -0.1) is 0 Å². The summed E-state index contributed by atoms with van der Waals surface area (Å²) in [5.41, 5.74) is 0.697. The van der Waals surface area contributed by atoms with Crippen LogP contribution in [0.1, 0.15) is 38.7 Å². The Morgan fingerprint density at radius 3 is 2.84 bits per heavy atom. The zero-order valence-corrected chi connectivity index (χ0v) is 11.9. The average molecular weight is 265 g/mol. The molecule has 1 aliphatic heterocycles. The number of phenols is 1. The van der Waals surface area contributed by atoms with Crippen LogP contribution in [0.3, 0.4) is 0 Å². The van der Waals surface area contributed by atoms with E-state index in [9.17, 15) is 9.50 Å². The normalized spacial score (nSPS) is 21.6. The van der Waals surface area contributed by atoms with E-state index in [4.69, 9.17) is 0 Å². The van der Waals surface area contributed by atoms with E-state index in [0.29, 0.717) is 12.1 Å². The first-order chi connectivity index (χ1) is 9.08. The van der Waals surface area contributed by atoms with Crippen molar-refractivity contribution in [3.05, 3.63) is 29.6 Å². The van der Waals surface area contributed by atoms with Gasteiger partial charge in [0.25, 0.3) is 0 Å². The van der Waals surface area contributed by atoms with Crippen LogP contribution in [-0.2, 0) is 6.54 Å². The molecule has 1 saturated heterocycles. The van der Waals surface area contributed by atoms with E-state index in [1.165, 1.54) is 25.3 Å². The molecule has 0 amide bonds. The van der Waals surface area contributed by atoms with Crippen molar-refractivity contribution in [1.82, 2.24) is 4.90 Å². The molecule has 0 radical (unpaired) electrons. The molecule has 0 saturated carbocycles. The lowest BCUT2D eigenvalue weighted by Gasteiger charge is -2.21. The van der Waals surface area contributed by atoms with Gasteiger partial charge in [0.05, 0.1) is 0 Å². The first-order valence-corrected chi connectivity index (χ1v) is 7.26. The van der Waals surface area contributed by atoms with E-state index in [0.717, 1.165) is 24.9 Å². The topological polar surface area (TPSA) is 23.5 Å². The van der Waals surface area contributed by atoms with Crippen LogP contribution in [0.25, 0.3) is 0 Å². The number of benzene rings is 1. The molecule has 2 rings (SSSR count). The van der Waals surface area contributed by atoms with Crippen molar-refractivity contribution in [3.8, 4) is 5.75 Å². The van der Waals surface area contributed by atoms with Crippen LogP contribution < -0.4 is 0 Å². The Kier molecular flexibility index (Phi) is 4.81. The maximum Gasteiger partial charge on any atom is 0.165 e. The monoisotopic (exact) mass is 265 g/mol. The smallest absolute Gasteiger partial charge is 0.165 e. The van der Waals surface area contributed by atoms with E-state index in [1.807, 2.05) is 6.07 Å². The summed E-state index contributed by atoms with van der Waals surface area (Å²) in [5, 5.41) is 9.74. The lowest BCUT2D eigenvalue weighted by atomic mass is 9.89. The molecule has 0 bridgehead atoms. The van der Waals surface area contributed by atoms with Crippen molar-refractivity contribution in [2.24, 2.45) is 11.8 Å². The quantitative estimate of drug-likeness (QED) is 0.898. The third-order valence-electron chi connectivity index (χ3n) is 4.27. The van der Waals surface area contributed by atoms with Gasteiger partial charge in [0.2, 0.25) is 0 Å². The minimum absolute atomic E-state index is 0.188. The highest BCUT2D eigenvalue weighted by atomic mass is 19.1. The largest absolute Gasteiger partial charge is 0.505 e. The Morgan fingerprint density at radius 2 is 2.11 bits per heavy atom. The number of aromatic hydroxyl groups is 1. The maximum atomic E-state index is 13.3. The van der Waals surface area contributed by atoms with Crippen LogP contribution in [0, 0.1) is 17.7 Å². The molecule has 19 heavy (non-hydrogen) atoms. The third kappa shape index (κ3) is 3.69. The number of halogens is 1. The molecule has 1 unspecified atom stereocenters. The molecule has 106 valence electrons. The molecule has 1 aromatic rings. The highest BCUT2D eigenvalue weighted by Gasteiger charge is 2.20. The number of phenolic OH excluding ortho intramolecular Hbond substituents is 1. The average Bonchev–Trinajstić information content (AvgIpc) is 2.60. The summed E-state index contributed by atoms with van der Waals surface area (Å²) in [6.07, 6.45) is 3.68. The van der Waals surface area contributed by atoms with Crippen molar-refractivity contribution in [1.29, 1.82) is 0 Å². The second-order valence-corrected chi connectivity index (χ2v) is 5.96. The summed E-state index contributed by atoms with van der Waals surface area (Å²) in [6, 6.07) is 4.78. The SMILES string of the molecule is CC(C)C1CCCN(Cc2cccc(F)c2O)CC1. The summed E-state index contributed by atoms with van der Waals surface area (Å²) < 4.78 is 13.3. The van der Waals surface area contributed by atoms with Gasteiger partial charge in [0.15, 0.2) is 11.6 Å². The van der Waals surface area contributed by atoms with E-state index >= 15 is 0 Å². The molecule has 1 aromatic carbocycles. The minimum Gasteiger partial charge on any atom is -0.505 e. The highest BCUT2D eigenvalue weighted by molar-refractivity contribution is 5.33. The van der Waals surface area contributed by atoms with Gasteiger partial charge in [0.1, 0.15) is 0 Å². The predicted molar refractivity (Wildman–Crippen MR) is 75.5 cm³/mol. The molecular formula is C16H24FNO. The maximum absolute atomic E-state index is 13.3. The molecule has 2 nitrogen and oxygen atoms in total. The van der Waals surface area contributed by atoms with E-state index in [1.54, 1.807) is 6.07 Å². The highest BCUT2D eigenvalue weighted by Crippen LogP contribution is 2.27. The van der Waals surface area contributed by atoms with Crippen LogP contribution in [0.5, 0.6) is 5.75 Å². The van der Waals surface area contributed by atoms with Crippen LogP contribution in [-0.4, -0.2) is 23.1 Å². The Bertz CT molecular complexity index is 419. The lowest BCUT2D eigenvalue weighted by Crippen LogP contribution is -2.24. The van der Waals surface area contributed by atoms with Gasteiger partial charge in [-0.1, -0.05) is 26.0 Å². The lowest BCUT2D eigenvalue weighted by molar-refractivity contribution is 0.260. The number of rotatable bonds is 3. The second kappa shape index (κ2) is 6.38. The fraction of sp³-hybridized carbons (Fsp3) is 0.625. The Morgan fingerprint density at radius 1 is 1.32 bits per heavy atom. The third-order valence-corrected chi connectivity index (χ3v) is 4.27. The van der Waals surface area contributed by atoms with Crippen LogP contribution >= 0.6 is 0 Å². The van der Waals surface area contributed by atoms with Gasteiger partial charge in [-0.25, -0.2) is 4.39 Å². The molecule has 0 spiro atoms. The zero-order valence-electron chi connectivity index (χ0n) is 11.9. The van der Waals surface area contributed by atoms with Crippen molar-refractivity contribution in [2.45, 2.75) is 39.7 Å². The molecule has 0 aliphatic carbocycles. The van der Waals surface area contributed by atoms with Crippen molar-refractivity contribution in [2.75, 3.05) is 13.1 Å². The van der Waals surface area contributed by atoms with Crippen LogP contribution in [0.15, 0.2) is 18.2 Å². The fourth-order valence-corrected chi connectivity index (χ4v) is 2.93. The van der Waals surface area contributed by atoms with Gasteiger partial charge in [0, 0.05) is 12.1 Å². The molecule has 1 fully saturated rings. The summed E-state index contributed by atoms with van der Waals surface area (Å²) >= 11 is 0. The number of hydrogen-bond acceptors (Lipinski definition) is 2. The molecule has 3 heteroatoms. The number of likely N-dealkylation sites (tertiary alicyclic amines) is 1. The summed E-state index contributed by atoms with van der Waals surface area (Å²) in [5.74, 6) is 0.827. The fourth-order valence-electron chi connectivity index (χ4n) is 2.93. The second-order valence-electron chi connectivity index (χ2n) is 5.96. The first-order valence-electron chi connectivity index (χ1n) is 7.26. The van der Waals surface area contributed by atoms with Crippen molar-refractivity contribution >= 4 is 0 Å². The van der Waals surface area contributed by atoms with Crippen molar-refractivity contribution < 1.29 is 9.50 Å². The van der Waals surface area contributed by atoms with Crippen LogP contribution in [0.2, 0.25) is 0 Å². The Hall–Kier alpha value is -1.09. The molecule has 0 aromatic heterocycles. The van der Waals surface area contributed by atoms with Gasteiger partial charge < -0.3 is 5.11 Å². The van der Waals surface area contributed by atoms with Gasteiger partial charge >= 0.3 is 0 Å². The number of para-hydroxylation sites is 1. The van der Waals surface area contributed by atoms with E-state index < -0.39 is 5.82 Å². The Labute approximate surface area is 115 Å². The van der Waals surface area contributed by atoms with Gasteiger partial charge in [-0.3, -0.25) is 4.90 Å². The molecule has 1 atom stereocenters.